The lowest BCUT2D eigenvalue weighted by Crippen LogP contribution is -2.36. The van der Waals surface area contributed by atoms with Crippen molar-refractivity contribution in [3.05, 3.63) is 58.7 Å². The van der Waals surface area contributed by atoms with Crippen LogP contribution in [0, 0.1) is 6.92 Å². The Labute approximate surface area is 148 Å². The highest BCUT2D eigenvalue weighted by molar-refractivity contribution is 7.88. The number of nitrogens with zero attached hydrogens (tertiary/aromatic N) is 1. The molecule has 0 unspecified atom stereocenters. The Bertz CT molecular complexity index is 908. The Morgan fingerprint density at radius 3 is 2.48 bits per heavy atom. The summed E-state index contributed by atoms with van der Waals surface area (Å²) in [5, 5.41) is 0. The van der Waals surface area contributed by atoms with Crippen LogP contribution in [0.3, 0.4) is 0 Å². The molecule has 0 N–H and O–H groups in total. The first-order chi connectivity index (χ1) is 12.0. The molecule has 0 aliphatic carbocycles. The molecule has 2 aromatic carbocycles. The van der Waals surface area contributed by atoms with E-state index in [4.69, 9.17) is 9.47 Å². The van der Waals surface area contributed by atoms with E-state index in [0.717, 1.165) is 28.0 Å². The van der Waals surface area contributed by atoms with E-state index in [-0.39, 0.29) is 5.75 Å². The minimum absolute atomic E-state index is 0.0363. The summed E-state index contributed by atoms with van der Waals surface area (Å²) in [6.07, 6.45) is 0.693. The van der Waals surface area contributed by atoms with Gasteiger partial charge in [-0.3, -0.25) is 0 Å². The molecular weight excluding hydrogens is 338 g/mol. The van der Waals surface area contributed by atoms with Crippen molar-refractivity contribution in [2.24, 2.45) is 0 Å². The second-order valence-corrected chi connectivity index (χ2v) is 8.56. The maximum Gasteiger partial charge on any atom is 0.218 e. The van der Waals surface area contributed by atoms with E-state index < -0.39 is 10.0 Å². The van der Waals surface area contributed by atoms with Crippen LogP contribution in [0.1, 0.15) is 22.3 Å². The van der Waals surface area contributed by atoms with Crippen LogP contribution in [0.5, 0.6) is 11.5 Å². The minimum Gasteiger partial charge on any atom is -0.486 e. The summed E-state index contributed by atoms with van der Waals surface area (Å²) >= 11 is 0. The van der Waals surface area contributed by atoms with Crippen LogP contribution < -0.4 is 9.47 Å². The molecule has 132 valence electrons. The molecule has 0 aromatic heterocycles. The van der Waals surface area contributed by atoms with Crippen LogP contribution in [-0.2, 0) is 28.7 Å². The van der Waals surface area contributed by atoms with Crippen molar-refractivity contribution >= 4 is 10.0 Å². The summed E-state index contributed by atoms with van der Waals surface area (Å²) in [4.78, 5) is 0. The second-order valence-electron chi connectivity index (χ2n) is 6.59. The summed E-state index contributed by atoms with van der Waals surface area (Å²) in [6.45, 7) is 3.95. The molecule has 0 fully saturated rings. The van der Waals surface area contributed by atoms with Gasteiger partial charge in [-0.25, -0.2) is 8.42 Å². The summed E-state index contributed by atoms with van der Waals surface area (Å²) in [6, 6.07) is 11.6. The van der Waals surface area contributed by atoms with E-state index in [1.54, 1.807) is 4.31 Å². The lowest BCUT2D eigenvalue weighted by atomic mass is 10.00. The SMILES string of the molecule is Cc1cccc(CS(=O)(=O)N2CCc3cc4c(cc3C2)OCCO4)c1. The molecule has 2 aromatic rings. The fourth-order valence-corrected chi connectivity index (χ4v) is 4.90. The second kappa shape index (κ2) is 6.35. The summed E-state index contributed by atoms with van der Waals surface area (Å²) < 4.78 is 38.5. The molecular formula is C19H21NO4S. The van der Waals surface area contributed by atoms with E-state index in [0.29, 0.717) is 38.5 Å². The first kappa shape index (κ1) is 16.4. The van der Waals surface area contributed by atoms with Crippen molar-refractivity contribution in [3.63, 3.8) is 0 Å². The summed E-state index contributed by atoms with van der Waals surface area (Å²) in [7, 11) is -3.36. The van der Waals surface area contributed by atoms with Gasteiger partial charge in [-0.1, -0.05) is 29.8 Å². The fourth-order valence-electron chi connectivity index (χ4n) is 3.41. The van der Waals surface area contributed by atoms with Gasteiger partial charge < -0.3 is 9.47 Å². The van der Waals surface area contributed by atoms with E-state index in [9.17, 15) is 8.42 Å². The third kappa shape index (κ3) is 3.37. The standard InChI is InChI=1S/C19H21NO4S/c1-14-3-2-4-15(9-14)13-25(21,22)20-6-5-16-10-18-19(11-17(16)12-20)24-8-7-23-18/h2-4,9-11H,5-8,12-13H2,1H3. The Kier molecular flexibility index (Phi) is 4.17. The van der Waals surface area contributed by atoms with Gasteiger partial charge in [0.15, 0.2) is 11.5 Å². The number of ether oxygens (including phenoxy) is 2. The first-order valence-electron chi connectivity index (χ1n) is 8.46. The van der Waals surface area contributed by atoms with Crippen LogP contribution in [0.25, 0.3) is 0 Å². The average molecular weight is 359 g/mol. The van der Waals surface area contributed by atoms with E-state index >= 15 is 0 Å². The maximum atomic E-state index is 12.8. The molecule has 0 atom stereocenters. The quantitative estimate of drug-likeness (QED) is 0.845. The predicted molar refractivity (Wildman–Crippen MR) is 95.3 cm³/mol. The van der Waals surface area contributed by atoms with Crippen molar-refractivity contribution in [1.29, 1.82) is 0 Å². The van der Waals surface area contributed by atoms with Gasteiger partial charge in [0.25, 0.3) is 0 Å². The first-order valence-corrected chi connectivity index (χ1v) is 10.1. The number of benzene rings is 2. The van der Waals surface area contributed by atoms with Gasteiger partial charge >= 0.3 is 0 Å². The van der Waals surface area contributed by atoms with Crippen LogP contribution >= 0.6 is 0 Å². The van der Waals surface area contributed by atoms with E-state index in [1.807, 2.05) is 43.3 Å². The Morgan fingerprint density at radius 2 is 1.76 bits per heavy atom. The lowest BCUT2D eigenvalue weighted by Gasteiger charge is -2.30. The van der Waals surface area contributed by atoms with Crippen LogP contribution in [0.15, 0.2) is 36.4 Å². The number of rotatable bonds is 3. The van der Waals surface area contributed by atoms with Crippen LogP contribution in [0.4, 0.5) is 0 Å². The number of hydrogen-bond acceptors (Lipinski definition) is 4. The van der Waals surface area contributed by atoms with Crippen LogP contribution in [0.2, 0.25) is 0 Å². The molecule has 2 heterocycles. The van der Waals surface area contributed by atoms with Crippen molar-refractivity contribution in [2.75, 3.05) is 19.8 Å². The lowest BCUT2D eigenvalue weighted by molar-refractivity contribution is 0.171. The largest absolute Gasteiger partial charge is 0.486 e. The highest BCUT2D eigenvalue weighted by atomic mass is 32.2. The minimum atomic E-state index is -3.36. The highest BCUT2D eigenvalue weighted by Gasteiger charge is 2.28. The van der Waals surface area contributed by atoms with Gasteiger partial charge in [-0.05, 0) is 42.2 Å². The Balaban J connectivity index is 1.57. The molecule has 0 saturated heterocycles. The zero-order chi connectivity index (χ0) is 17.4. The third-order valence-corrected chi connectivity index (χ3v) is 6.46. The van der Waals surface area contributed by atoms with Crippen molar-refractivity contribution in [3.8, 4) is 11.5 Å². The zero-order valence-corrected chi connectivity index (χ0v) is 15.0. The summed E-state index contributed by atoms with van der Waals surface area (Å²) in [5.41, 5.74) is 4.04. The van der Waals surface area contributed by atoms with E-state index in [2.05, 4.69) is 0 Å². The zero-order valence-electron chi connectivity index (χ0n) is 14.2. The topological polar surface area (TPSA) is 55.8 Å². The molecule has 0 radical (unpaired) electrons. The number of hydrogen-bond donors (Lipinski definition) is 0. The number of sulfonamides is 1. The highest BCUT2D eigenvalue weighted by Crippen LogP contribution is 2.36. The maximum absolute atomic E-state index is 12.8. The van der Waals surface area contributed by atoms with Gasteiger partial charge in [0.2, 0.25) is 10.0 Å². The number of fused-ring (bicyclic) bond motifs is 2. The molecule has 0 spiro atoms. The molecule has 5 nitrogen and oxygen atoms in total. The molecule has 6 heteroatoms. The van der Waals surface area contributed by atoms with Gasteiger partial charge in [0, 0.05) is 13.1 Å². The van der Waals surface area contributed by atoms with Gasteiger partial charge in [-0.15, -0.1) is 0 Å². The van der Waals surface area contributed by atoms with Crippen LogP contribution in [-0.4, -0.2) is 32.5 Å². The molecule has 0 bridgehead atoms. The third-order valence-electron chi connectivity index (χ3n) is 4.67. The molecule has 2 aliphatic rings. The number of aryl methyl sites for hydroxylation is 1. The normalized spacial score (nSPS) is 17.2. The van der Waals surface area contributed by atoms with Crippen molar-refractivity contribution in [1.82, 2.24) is 4.31 Å². The smallest absolute Gasteiger partial charge is 0.218 e. The summed E-state index contributed by atoms with van der Waals surface area (Å²) in [5.74, 6) is 1.51. The van der Waals surface area contributed by atoms with Gasteiger partial charge in [0.1, 0.15) is 13.2 Å². The molecule has 4 rings (SSSR count). The Hall–Kier alpha value is -2.05. The fraction of sp³-hybridized carbons (Fsp3) is 0.368. The molecule has 0 saturated carbocycles. The molecule has 2 aliphatic heterocycles. The van der Waals surface area contributed by atoms with Gasteiger partial charge in [-0.2, -0.15) is 4.31 Å². The predicted octanol–water partition coefficient (Wildman–Crippen LogP) is 2.65. The average Bonchev–Trinajstić information content (AvgIpc) is 2.59. The monoisotopic (exact) mass is 359 g/mol. The van der Waals surface area contributed by atoms with E-state index in [1.165, 1.54) is 0 Å². The van der Waals surface area contributed by atoms with Crippen molar-refractivity contribution in [2.45, 2.75) is 25.6 Å². The van der Waals surface area contributed by atoms with Crippen molar-refractivity contribution < 1.29 is 17.9 Å². The molecule has 0 amide bonds. The Morgan fingerprint density at radius 1 is 1.04 bits per heavy atom. The van der Waals surface area contributed by atoms with Gasteiger partial charge in [0.05, 0.1) is 5.75 Å². The molecule has 25 heavy (non-hydrogen) atoms.